The van der Waals surface area contributed by atoms with Gasteiger partial charge in [-0.25, -0.2) is 4.79 Å². The highest BCUT2D eigenvalue weighted by Gasteiger charge is 2.13. The summed E-state index contributed by atoms with van der Waals surface area (Å²) in [6.45, 7) is 4.25. The predicted molar refractivity (Wildman–Crippen MR) is 77.4 cm³/mol. The fourth-order valence-corrected chi connectivity index (χ4v) is 2.64. The number of thiophene rings is 1. The highest BCUT2D eigenvalue weighted by atomic mass is 32.1. The zero-order chi connectivity index (χ0) is 14.0. The van der Waals surface area contributed by atoms with E-state index in [9.17, 15) is 4.79 Å². The fourth-order valence-electron chi connectivity index (χ4n) is 1.90. The monoisotopic (exact) mass is 276 g/mol. The lowest BCUT2D eigenvalue weighted by molar-refractivity contribution is 0.0702. The van der Waals surface area contributed by atoms with E-state index in [1.807, 2.05) is 17.5 Å². The topological polar surface area (TPSA) is 46.5 Å². The normalized spacial score (nSPS) is 10.7. The number of carbonyl (C=O) groups is 1. The first-order chi connectivity index (χ1) is 9.02. The molecule has 0 fully saturated rings. The highest BCUT2D eigenvalue weighted by molar-refractivity contribution is 7.12. The van der Waals surface area contributed by atoms with Crippen LogP contribution >= 0.6 is 11.3 Å². The average molecular weight is 276 g/mol. The van der Waals surface area contributed by atoms with E-state index < -0.39 is 5.97 Å². The van der Waals surface area contributed by atoms with Gasteiger partial charge in [0.25, 0.3) is 0 Å². The number of hydrogen-bond acceptors (Lipinski definition) is 3. The van der Waals surface area contributed by atoms with E-state index >= 15 is 0 Å². The third kappa shape index (κ3) is 2.79. The van der Waals surface area contributed by atoms with E-state index in [2.05, 4.69) is 19.9 Å². The highest BCUT2D eigenvalue weighted by Crippen LogP contribution is 2.35. The van der Waals surface area contributed by atoms with E-state index in [1.54, 1.807) is 13.2 Å². The van der Waals surface area contributed by atoms with Crippen molar-refractivity contribution in [1.29, 1.82) is 0 Å². The summed E-state index contributed by atoms with van der Waals surface area (Å²) < 4.78 is 5.36. The van der Waals surface area contributed by atoms with Gasteiger partial charge in [0.1, 0.15) is 10.6 Å². The van der Waals surface area contributed by atoms with Crippen LogP contribution in [0.25, 0.3) is 11.1 Å². The van der Waals surface area contributed by atoms with Gasteiger partial charge in [0.2, 0.25) is 0 Å². The Kier molecular flexibility index (Phi) is 3.90. The van der Waals surface area contributed by atoms with Gasteiger partial charge in [-0.3, -0.25) is 0 Å². The van der Waals surface area contributed by atoms with Gasteiger partial charge in [-0.05, 0) is 40.6 Å². The summed E-state index contributed by atoms with van der Waals surface area (Å²) in [6.07, 6.45) is 0. The van der Waals surface area contributed by atoms with Crippen molar-refractivity contribution in [2.45, 2.75) is 19.8 Å². The summed E-state index contributed by atoms with van der Waals surface area (Å²) in [5, 5.41) is 10.8. The third-order valence-corrected chi connectivity index (χ3v) is 3.93. The van der Waals surface area contributed by atoms with Crippen LogP contribution in [0.2, 0.25) is 0 Å². The average Bonchev–Trinajstić information content (AvgIpc) is 2.87. The molecule has 0 aliphatic carbocycles. The molecule has 2 aromatic rings. The van der Waals surface area contributed by atoms with Gasteiger partial charge in [-0.15, -0.1) is 11.3 Å². The second-order valence-corrected chi connectivity index (χ2v) is 5.53. The minimum absolute atomic E-state index is 0.340. The number of rotatable bonds is 4. The second-order valence-electron chi connectivity index (χ2n) is 4.62. The molecule has 0 bridgehead atoms. The van der Waals surface area contributed by atoms with Crippen molar-refractivity contribution in [3.63, 3.8) is 0 Å². The number of methoxy groups -OCH3 is 1. The third-order valence-electron chi connectivity index (χ3n) is 3.01. The number of carboxylic acid groups (broad SMARTS) is 1. The Balaban J connectivity index is 2.51. The largest absolute Gasteiger partial charge is 0.496 e. The molecule has 0 aliphatic rings. The van der Waals surface area contributed by atoms with E-state index in [-0.39, 0.29) is 0 Å². The SMILES string of the molecule is COc1ccc(C(C)C)cc1-c1csc(C(=O)O)c1. The second kappa shape index (κ2) is 5.45. The van der Waals surface area contributed by atoms with Crippen LogP contribution in [0.3, 0.4) is 0 Å². The molecule has 1 heterocycles. The van der Waals surface area contributed by atoms with Gasteiger partial charge in [-0.2, -0.15) is 0 Å². The molecular formula is C15H16O3S. The number of ether oxygens (including phenoxy) is 1. The van der Waals surface area contributed by atoms with Crippen LogP contribution < -0.4 is 4.74 Å². The first-order valence-corrected chi connectivity index (χ1v) is 6.91. The molecule has 0 spiro atoms. The van der Waals surface area contributed by atoms with E-state index in [4.69, 9.17) is 9.84 Å². The van der Waals surface area contributed by atoms with Crippen LogP contribution in [0.4, 0.5) is 0 Å². The fraction of sp³-hybridized carbons (Fsp3) is 0.267. The number of carboxylic acids is 1. The lowest BCUT2D eigenvalue weighted by atomic mass is 9.97. The zero-order valence-electron chi connectivity index (χ0n) is 11.1. The smallest absolute Gasteiger partial charge is 0.345 e. The van der Waals surface area contributed by atoms with Crippen LogP contribution in [-0.2, 0) is 0 Å². The molecule has 0 amide bonds. The van der Waals surface area contributed by atoms with Crippen LogP contribution in [0.1, 0.15) is 35.0 Å². The maximum atomic E-state index is 11.0. The predicted octanol–water partition coefficient (Wildman–Crippen LogP) is 4.25. The number of hydrogen-bond donors (Lipinski definition) is 1. The lowest BCUT2D eigenvalue weighted by Gasteiger charge is -2.11. The van der Waals surface area contributed by atoms with Gasteiger partial charge in [-0.1, -0.05) is 19.9 Å². The molecule has 3 nitrogen and oxygen atoms in total. The molecule has 1 aromatic heterocycles. The zero-order valence-corrected chi connectivity index (χ0v) is 12.0. The standard InChI is InChI=1S/C15H16O3S/c1-9(2)10-4-5-13(18-3)12(6-10)11-7-14(15(16)17)19-8-11/h4-9H,1-3H3,(H,16,17). The summed E-state index contributed by atoms with van der Waals surface area (Å²) in [5.74, 6) is 0.289. The molecule has 0 unspecified atom stereocenters. The molecule has 19 heavy (non-hydrogen) atoms. The lowest BCUT2D eigenvalue weighted by Crippen LogP contribution is -1.93. The van der Waals surface area contributed by atoms with E-state index in [0.717, 1.165) is 16.9 Å². The molecule has 1 N–H and O–H groups in total. The van der Waals surface area contributed by atoms with Gasteiger partial charge in [0, 0.05) is 5.56 Å². The van der Waals surface area contributed by atoms with Crippen LogP contribution in [0.15, 0.2) is 29.6 Å². The van der Waals surface area contributed by atoms with E-state index in [1.165, 1.54) is 16.9 Å². The van der Waals surface area contributed by atoms with Crippen molar-refractivity contribution in [2.75, 3.05) is 7.11 Å². The van der Waals surface area contributed by atoms with Gasteiger partial charge in [0.15, 0.2) is 0 Å². The van der Waals surface area contributed by atoms with Crippen molar-refractivity contribution in [2.24, 2.45) is 0 Å². The van der Waals surface area contributed by atoms with Crippen LogP contribution in [-0.4, -0.2) is 18.2 Å². The first kappa shape index (κ1) is 13.6. The van der Waals surface area contributed by atoms with Crippen LogP contribution in [0, 0.1) is 0 Å². The number of aromatic carboxylic acids is 1. The summed E-state index contributed by atoms with van der Waals surface area (Å²) in [4.78, 5) is 11.3. The van der Waals surface area contributed by atoms with Crippen molar-refractivity contribution in [3.8, 4) is 16.9 Å². The summed E-state index contributed by atoms with van der Waals surface area (Å²) in [6, 6.07) is 7.73. The molecule has 1 aromatic carbocycles. The number of benzene rings is 1. The van der Waals surface area contributed by atoms with Gasteiger partial charge < -0.3 is 9.84 Å². The summed E-state index contributed by atoms with van der Waals surface area (Å²) in [7, 11) is 1.62. The van der Waals surface area contributed by atoms with Gasteiger partial charge >= 0.3 is 5.97 Å². The summed E-state index contributed by atoms with van der Waals surface area (Å²) >= 11 is 1.23. The van der Waals surface area contributed by atoms with Crippen LogP contribution in [0.5, 0.6) is 5.75 Å². The Morgan fingerprint density at radius 1 is 1.32 bits per heavy atom. The minimum atomic E-state index is -0.893. The van der Waals surface area contributed by atoms with Crippen molar-refractivity contribution in [1.82, 2.24) is 0 Å². The molecular weight excluding hydrogens is 260 g/mol. The Morgan fingerprint density at radius 2 is 2.05 bits per heavy atom. The van der Waals surface area contributed by atoms with Crippen molar-refractivity contribution < 1.29 is 14.6 Å². The molecule has 0 radical (unpaired) electrons. The molecule has 100 valence electrons. The summed E-state index contributed by atoms with van der Waals surface area (Å²) in [5.41, 5.74) is 3.04. The quantitative estimate of drug-likeness (QED) is 0.908. The molecule has 0 atom stereocenters. The maximum absolute atomic E-state index is 11.0. The molecule has 4 heteroatoms. The minimum Gasteiger partial charge on any atom is -0.496 e. The maximum Gasteiger partial charge on any atom is 0.345 e. The Hall–Kier alpha value is -1.81. The van der Waals surface area contributed by atoms with Crippen molar-refractivity contribution >= 4 is 17.3 Å². The Bertz CT molecular complexity index is 599. The van der Waals surface area contributed by atoms with E-state index in [0.29, 0.717) is 10.8 Å². The molecule has 0 saturated carbocycles. The Morgan fingerprint density at radius 3 is 2.58 bits per heavy atom. The molecule has 0 aliphatic heterocycles. The first-order valence-electron chi connectivity index (χ1n) is 6.03. The van der Waals surface area contributed by atoms with Gasteiger partial charge in [0.05, 0.1) is 7.11 Å². The Labute approximate surface area is 116 Å². The molecule has 0 saturated heterocycles. The molecule has 2 rings (SSSR count). The van der Waals surface area contributed by atoms with Crippen molar-refractivity contribution in [3.05, 3.63) is 40.1 Å².